The van der Waals surface area contributed by atoms with Gasteiger partial charge >= 0.3 is 5.97 Å². The van der Waals surface area contributed by atoms with Crippen LogP contribution in [0.25, 0.3) is 0 Å². The Kier molecular flexibility index (Phi) is 5.34. The topological polar surface area (TPSA) is 111 Å². The predicted octanol–water partition coefficient (Wildman–Crippen LogP) is 0.699. The summed E-state index contributed by atoms with van der Waals surface area (Å²) in [7, 11) is 0. The first-order chi connectivity index (χ1) is 8.69. The molecule has 0 aromatic carbocycles. The van der Waals surface area contributed by atoms with Gasteiger partial charge in [-0.1, -0.05) is 17.8 Å². The van der Waals surface area contributed by atoms with E-state index < -0.39 is 5.97 Å². The summed E-state index contributed by atoms with van der Waals surface area (Å²) in [4.78, 5) is 20.2. The first-order valence-electron chi connectivity index (χ1n) is 4.75. The Morgan fingerprint density at radius 2 is 2.56 bits per heavy atom. The molecule has 7 nitrogen and oxygen atoms in total. The van der Waals surface area contributed by atoms with Gasteiger partial charge in [0.15, 0.2) is 5.13 Å². The molecule has 0 amide bonds. The van der Waals surface area contributed by atoms with Gasteiger partial charge in [-0.25, -0.2) is 9.78 Å². The van der Waals surface area contributed by atoms with Gasteiger partial charge in [0.25, 0.3) is 0 Å². The van der Waals surface area contributed by atoms with Gasteiger partial charge in [-0.15, -0.1) is 11.3 Å². The maximum atomic E-state index is 11.7. The van der Waals surface area contributed by atoms with E-state index in [4.69, 9.17) is 15.7 Å². The van der Waals surface area contributed by atoms with Crippen LogP contribution in [0.5, 0.6) is 0 Å². The molecule has 0 aliphatic heterocycles. The van der Waals surface area contributed by atoms with Crippen molar-refractivity contribution >= 4 is 28.1 Å². The number of anilines is 1. The van der Waals surface area contributed by atoms with E-state index in [0.29, 0.717) is 0 Å². The third-order valence-electron chi connectivity index (χ3n) is 1.58. The number of nitrogen functional groups attached to an aromatic ring is 1. The molecule has 1 aromatic heterocycles. The Bertz CT molecular complexity index is 503. The third kappa shape index (κ3) is 3.88. The number of hydrogen-bond donors (Lipinski definition) is 1. The summed E-state index contributed by atoms with van der Waals surface area (Å²) in [6.45, 7) is 3.18. The fourth-order valence-electron chi connectivity index (χ4n) is 0.914. The molecule has 1 aromatic rings. The second kappa shape index (κ2) is 7.03. The van der Waals surface area contributed by atoms with E-state index in [1.807, 2.05) is 0 Å². The van der Waals surface area contributed by atoms with Crippen molar-refractivity contribution < 1.29 is 14.4 Å². The van der Waals surface area contributed by atoms with Crippen molar-refractivity contribution in [3.05, 3.63) is 23.7 Å². The number of nitrogens with two attached hydrogens (primary N) is 1. The average Bonchev–Trinajstić information content (AvgIpc) is 2.78. The first-order valence-corrected chi connectivity index (χ1v) is 5.63. The Labute approximate surface area is 107 Å². The highest BCUT2D eigenvalue weighted by Gasteiger charge is 2.19. The molecule has 1 heterocycles. The van der Waals surface area contributed by atoms with Gasteiger partial charge in [0.05, 0.1) is 0 Å². The highest BCUT2D eigenvalue weighted by molar-refractivity contribution is 7.13. The van der Waals surface area contributed by atoms with Gasteiger partial charge in [-0.2, -0.15) is 5.26 Å². The van der Waals surface area contributed by atoms with Gasteiger partial charge < -0.3 is 15.3 Å². The minimum Gasteiger partial charge on any atom is -0.457 e. The molecule has 0 aliphatic carbocycles. The molecule has 0 unspecified atom stereocenters. The van der Waals surface area contributed by atoms with Crippen molar-refractivity contribution in [3.63, 3.8) is 0 Å². The van der Waals surface area contributed by atoms with Gasteiger partial charge in [0.2, 0.25) is 12.3 Å². The van der Waals surface area contributed by atoms with Crippen molar-refractivity contribution in [2.45, 2.75) is 0 Å². The SMILES string of the molecule is C=CCOC(=O)/C(=N/OCC#N)c1csc(N)n1. The number of rotatable bonds is 6. The van der Waals surface area contributed by atoms with Crippen LogP contribution in [0.1, 0.15) is 5.69 Å². The average molecular weight is 266 g/mol. The largest absolute Gasteiger partial charge is 0.457 e. The Morgan fingerprint density at radius 3 is 3.11 bits per heavy atom. The van der Waals surface area contributed by atoms with E-state index in [1.165, 1.54) is 6.08 Å². The number of carbonyl (C=O) groups is 1. The maximum absolute atomic E-state index is 11.7. The van der Waals surface area contributed by atoms with E-state index in [2.05, 4.69) is 21.6 Å². The molecule has 0 bridgehead atoms. The van der Waals surface area contributed by atoms with Crippen molar-refractivity contribution in [2.24, 2.45) is 5.16 Å². The van der Waals surface area contributed by atoms with Crippen LogP contribution in [0.2, 0.25) is 0 Å². The van der Waals surface area contributed by atoms with Crippen molar-refractivity contribution in [1.82, 2.24) is 4.98 Å². The van der Waals surface area contributed by atoms with E-state index in [-0.39, 0.29) is 29.8 Å². The van der Waals surface area contributed by atoms with Crippen LogP contribution in [-0.4, -0.2) is 29.9 Å². The molecule has 18 heavy (non-hydrogen) atoms. The van der Waals surface area contributed by atoms with Crippen molar-refractivity contribution in [1.29, 1.82) is 5.26 Å². The molecule has 0 aliphatic rings. The fourth-order valence-corrected chi connectivity index (χ4v) is 1.46. The molecule has 0 saturated carbocycles. The quantitative estimate of drug-likeness (QED) is 0.267. The van der Waals surface area contributed by atoms with E-state index in [1.54, 1.807) is 11.4 Å². The number of thiazole rings is 1. The lowest BCUT2D eigenvalue weighted by Gasteiger charge is -2.02. The first kappa shape index (κ1) is 13.7. The summed E-state index contributed by atoms with van der Waals surface area (Å²) < 4.78 is 4.82. The molecule has 2 N–H and O–H groups in total. The van der Waals surface area contributed by atoms with E-state index in [0.717, 1.165) is 11.3 Å². The summed E-state index contributed by atoms with van der Waals surface area (Å²) in [5.74, 6) is -0.724. The lowest BCUT2D eigenvalue weighted by atomic mass is 10.3. The highest BCUT2D eigenvalue weighted by atomic mass is 32.1. The third-order valence-corrected chi connectivity index (χ3v) is 2.25. The van der Waals surface area contributed by atoms with E-state index in [9.17, 15) is 4.79 Å². The zero-order chi connectivity index (χ0) is 13.4. The minimum atomic E-state index is -0.724. The Morgan fingerprint density at radius 1 is 1.78 bits per heavy atom. The van der Waals surface area contributed by atoms with Crippen LogP contribution in [0.15, 0.2) is 23.2 Å². The number of ether oxygens (including phenoxy) is 1. The summed E-state index contributed by atoms with van der Waals surface area (Å²) in [5.41, 5.74) is 5.56. The molecular weight excluding hydrogens is 256 g/mol. The number of carbonyl (C=O) groups excluding carboxylic acids is 1. The van der Waals surface area contributed by atoms with Crippen molar-refractivity contribution in [3.8, 4) is 6.07 Å². The number of esters is 1. The zero-order valence-electron chi connectivity index (χ0n) is 9.33. The molecular formula is C10H10N4O3S. The normalized spacial score (nSPS) is 10.5. The smallest absolute Gasteiger partial charge is 0.363 e. The molecule has 0 fully saturated rings. The van der Waals surface area contributed by atoms with Crippen LogP contribution in [0, 0.1) is 11.3 Å². The lowest BCUT2D eigenvalue weighted by Crippen LogP contribution is -2.20. The van der Waals surface area contributed by atoms with Gasteiger partial charge in [0.1, 0.15) is 18.4 Å². The van der Waals surface area contributed by atoms with Crippen LogP contribution in [-0.2, 0) is 14.4 Å². The molecule has 0 saturated heterocycles. The monoisotopic (exact) mass is 266 g/mol. The molecule has 1 rings (SSSR count). The fraction of sp³-hybridized carbons (Fsp3) is 0.200. The van der Waals surface area contributed by atoms with Crippen LogP contribution in [0.3, 0.4) is 0 Å². The molecule has 0 atom stereocenters. The predicted molar refractivity (Wildman–Crippen MR) is 65.8 cm³/mol. The number of hydrogen-bond acceptors (Lipinski definition) is 8. The van der Waals surface area contributed by atoms with Gasteiger partial charge in [-0.3, -0.25) is 0 Å². The summed E-state index contributed by atoms with van der Waals surface area (Å²) in [6.07, 6.45) is 1.42. The number of nitrogens with zero attached hydrogens (tertiary/aromatic N) is 3. The minimum absolute atomic E-state index is 0.0374. The second-order valence-electron chi connectivity index (χ2n) is 2.83. The zero-order valence-corrected chi connectivity index (χ0v) is 10.1. The number of nitriles is 1. The molecule has 0 radical (unpaired) electrons. The molecule has 0 spiro atoms. The van der Waals surface area contributed by atoms with Crippen LogP contribution >= 0.6 is 11.3 Å². The van der Waals surface area contributed by atoms with Crippen molar-refractivity contribution in [2.75, 3.05) is 18.9 Å². The standard InChI is InChI=1S/C10H10N4O3S/c1-2-4-16-9(15)8(14-17-5-3-11)7-6-18-10(12)13-7/h2,6H,1,4-5H2,(H2,12,13)/b14-8+. The summed E-state index contributed by atoms with van der Waals surface area (Å²) in [6, 6.07) is 1.72. The van der Waals surface area contributed by atoms with Gasteiger partial charge in [-0.05, 0) is 0 Å². The molecule has 94 valence electrons. The van der Waals surface area contributed by atoms with Gasteiger partial charge in [0, 0.05) is 5.38 Å². The Hall–Kier alpha value is -2.40. The summed E-state index contributed by atoms with van der Waals surface area (Å²) in [5, 5.41) is 13.7. The van der Waals surface area contributed by atoms with Crippen LogP contribution in [0.4, 0.5) is 5.13 Å². The van der Waals surface area contributed by atoms with E-state index >= 15 is 0 Å². The van der Waals surface area contributed by atoms with Crippen LogP contribution < -0.4 is 5.73 Å². The Balaban J connectivity index is 2.88. The maximum Gasteiger partial charge on any atom is 0.363 e. The summed E-state index contributed by atoms with van der Waals surface area (Å²) >= 11 is 1.15. The highest BCUT2D eigenvalue weighted by Crippen LogP contribution is 2.13. The lowest BCUT2D eigenvalue weighted by molar-refractivity contribution is -0.134. The second-order valence-corrected chi connectivity index (χ2v) is 3.72. The molecule has 8 heteroatoms. The number of oxime groups is 1. The number of aromatic nitrogens is 1.